The lowest BCUT2D eigenvalue weighted by Crippen LogP contribution is -2.33. The first-order valence-electron chi connectivity index (χ1n) is 10.7. The summed E-state index contributed by atoms with van der Waals surface area (Å²) in [5, 5.41) is 0. The Balaban J connectivity index is 2.50. The predicted octanol–water partition coefficient (Wildman–Crippen LogP) is 7.24. The third-order valence-corrected chi connectivity index (χ3v) is 6.23. The number of hydrogen-bond acceptors (Lipinski definition) is 0. The molecule has 0 unspecified atom stereocenters. The summed E-state index contributed by atoms with van der Waals surface area (Å²) in [4.78, 5) is 0. The summed E-state index contributed by atoms with van der Waals surface area (Å²) in [5.41, 5.74) is 12.1. The van der Waals surface area contributed by atoms with Gasteiger partial charge < -0.3 is 0 Å². The fourth-order valence-electron chi connectivity index (χ4n) is 5.60. The Labute approximate surface area is 178 Å². The molecule has 0 saturated carbocycles. The van der Waals surface area contributed by atoms with Crippen LogP contribution in [0.4, 0.5) is 0 Å². The molecule has 0 amide bonds. The van der Waals surface area contributed by atoms with E-state index in [0.717, 1.165) is 12.8 Å². The van der Waals surface area contributed by atoms with Crippen LogP contribution in [0.25, 0.3) is 0 Å². The fourth-order valence-corrected chi connectivity index (χ4v) is 5.60. The van der Waals surface area contributed by atoms with Gasteiger partial charge in [0.25, 0.3) is 0 Å². The molecule has 0 spiro atoms. The summed E-state index contributed by atoms with van der Waals surface area (Å²) >= 11 is 0. The Morgan fingerprint density at radius 1 is 0.655 bits per heavy atom. The molecule has 0 heterocycles. The summed E-state index contributed by atoms with van der Waals surface area (Å²) in [6.07, 6.45) is 2.68. The molecule has 148 valence electrons. The van der Waals surface area contributed by atoms with Crippen LogP contribution < -0.4 is 0 Å². The van der Waals surface area contributed by atoms with Crippen molar-refractivity contribution < 1.29 is 0 Å². The average molecular weight is 380 g/mol. The summed E-state index contributed by atoms with van der Waals surface area (Å²) < 4.78 is 0. The molecule has 2 radical (unpaired) electrons. The van der Waals surface area contributed by atoms with Crippen molar-refractivity contribution in [2.75, 3.05) is 0 Å². The molecular weight excluding hydrogens is 347 g/mol. The molecule has 0 aliphatic carbocycles. The van der Waals surface area contributed by atoms with E-state index in [1.165, 1.54) is 50.1 Å². The lowest BCUT2D eigenvalue weighted by molar-refractivity contribution is 0.538. The number of aryl methyl sites for hydroxylation is 6. The maximum Gasteiger partial charge on any atom is 0.0653 e. The van der Waals surface area contributed by atoms with Crippen LogP contribution in [0, 0.1) is 41.5 Å². The Bertz CT molecular complexity index is 895. The van der Waals surface area contributed by atoms with Crippen molar-refractivity contribution in [2.45, 2.75) is 66.1 Å². The van der Waals surface area contributed by atoms with Crippen molar-refractivity contribution in [3.05, 3.63) is 105 Å². The zero-order valence-electron chi connectivity index (χ0n) is 18.9. The topological polar surface area (TPSA) is 0 Å². The lowest BCUT2D eigenvalue weighted by atomic mass is 9.61. The maximum absolute atomic E-state index is 6.07. The van der Waals surface area contributed by atoms with Gasteiger partial charge in [-0.3, -0.25) is 0 Å². The van der Waals surface area contributed by atoms with Gasteiger partial charge in [-0.15, -0.1) is 0 Å². The van der Waals surface area contributed by atoms with Crippen LogP contribution in [0.5, 0.6) is 0 Å². The molecule has 0 aliphatic rings. The maximum atomic E-state index is 6.07. The molecule has 3 rings (SSSR count). The van der Waals surface area contributed by atoms with Crippen LogP contribution in [-0.4, -0.2) is 7.85 Å². The second-order valence-electron chi connectivity index (χ2n) is 8.71. The molecule has 3 aromatic rings. The number of benzene rings is 3. The largest absolute Gasteiger partial charge is 0.0886 e. The predicted molar refractivity (Wildman–Crippen MR) is 127 cm³/mol. The highest BCUT2D eigenvalue weighted by molar-refractivity contribution is 6.08. The second-order valence-corrected chi connectivity index (χ2v) is 8.71. The van der Waals surface area contributed by atoms with E-state index in [1.54, 1.807) is 0 Å². The highest BCUT2D eigenvalue weighted by Gasteiger charge is 2.40. The lowest BCUT2D eigenvalue weighted by Gasteiger charge is -2.41. The first kappa shape index (κ1) is 21.4. The molecule has 0 nitrogen and oxygen atoms in total. The van der Waals surface area contributed by atoms with Gasteiger partial charge in [-0.2, -0.15) is 0 Å². The third-order valence-electron chi connectivity index (χ3n) is 6.23. The van der Waals surface area contributed by atoms with Crippen molar-refractivity contribution >= 4 is 7.85 Å². The summed E-state index contributed by atoms with van der Waals surface area (Å²) in [6.45, 7) is 13.5. The van der Waals surface area contributed by atoms with Gasteiger partial charge >= 0.3 is 0 Å². The van der Waals surface area contributed by atoms with E-state index in [-0.39, 0.29) is 5.41 Å². The molecule has 3 aromatic carbocycles. The summed E-state index contributed by atoms with van der Waals surface area (Å²) in [7, 11) is 6.07. The quantitative estimate of drug-likeness (QED) is 0.312. The molecule has 1 heteroatoms. The van der Waals surface area contributed by atoms with Gasteiger partial charge in [0.1, 0.15) is 0 Å². The van der Waals surface area contributed by atoms with Crippen molar-refractivity contribution in [3.8, 4) is 0 Å². The number of hydrogen-bond donors (Lipinski definition) is 0. The Hall–Kier alpha value is -2.28. The smallest absolute Gasteiger partial charge is 0.0653 e. The van der Waals surface area contributed by atoms with Crippen LogP contribution in [-0.2, 0) is 5.41 Å². The Kier molecular flexibility index (Phi) is 6.37. The van der Waals surface area contributed by atoms with Crippen LogP contribution >= 0.6 is 0 Å². The SMILES string of the molecule is [B]CCCC(c1ccccc1)(c1c(C)cc(C)cc1C)c1c(C)cc(C)cc1C. The molecule has 0 aliphatic heterocycles. The fraction of sp³-hybridized carbons (Fsp3) is 0.357. The zero-order valence-corrected chi connectivity index (χ0v) is 18.9. The molecule has 0 N–H and O–H groups in total. The van der Waals surface area contributed by atoms with Crippen LogP contribution in [0.2, 0.25) is 6.32 Å². The van der Waals surface area contributed by atoms with Gasteiger partial charge in [-0.25, -0.2) is 0 Å². The monoisotopic (exact) mass is 380 g/mol. The molecule has 29 heavy (non-hydrogen) atoms. The van der Waals surface area contributed by atoms with Crippen LogP contribution in [0.15, 0.2) is 54.6 Å². The van der Waals surface area contributed by atoms with Gasteiger partial charge in [0, 0.05) is 5.41 Å². The van der Waals surface area contributed by atoms with E-state index in [0.29, 0.717) is 6.32 Å². The van der Waals surface area contributed by atoms with Crippen molar-refractivity contribution in [1.82, 2.24) is 0 Å². The molecular formula is C28H33B. The standard InChI is InChI=1S/C28H33B/c1-19-15-21(3)26(22(4)16-19)28(13-10-14-29,25-11-8-7-9-12-25)27-23(5)17-20(2)18-24(27)6/h7-9,11-12,15-18H,10,13-14H2,1-6H3. The van der Waals surface area contributed by atoms with Gasteiger partial charge in [0.2, 0.25) is 0 Å². The van der Waals surface area contributed by atoms with Crippen molar-refractivity contribution in [3.63, 3.8) is 0 Å². The molecule has 0 bridgehead atoms. The average Bonchev–Trinajstić information content (AvgIpc) is 2.64. The third kappa shape index (κ3) is 3.93. The van der Waals surface area contributed by atoms with Crippen molar-refractivity contribution in [1.29, 1.82) is 0 Å². The van der Waals surface area contributed by atoms with Crippen LogP contribution in [0.1, 0.15) is 62.9 Å². The first-order chi connectivity index (χ1) is 13.8. The van der Waals surface area contributed by atoms with Gasteiger partial charge in [-0.1, -0.05) is 78.5 Å². The molecule has 0 aromatic heterocycles. The van der Waals surface area contributed by atoms with Gasteiger partial charge in [0.15, 0.2) is 0 Å². The Morgan fingerprint density at radius 2 is 1.07 bits per heavy atom. The van der Waals surface area contributed by atoms with E-state index in [9.17, 15) is 0 Å². The van der Waals surface area contributed by atoms with Crippen LogP contribution in [0.3, 0.4) is 0 Å². The molecule has 0 atom stereocenters. The van der Waals surface area contributed by atoms with E-state index in [4.69, 9.17) is 7.85 Å². The second kappa shape index (κ2) is 8.62. The normalized spacial score (nSPS) is 11.7. The highest BCUT2D eigenvalue weighted by Crippen LogP contribution is 2.48. The zero-order chi connectivity index (χ0) is 21.2. The van der Waals surface area contributed by atoms with Crippen molar-refractivity contribution in [2.24, 2.45) is 0 Å². The first-order valence-corrected chi connectivity index (χ1v) is 10.7. The van der Waals surface area contributed by atoms with Gasteiger partial charge in [0.05, 0.1) is 7.85 Å². The van der Waals surface area contributed by atoms with E-state index >= 15 is 0 Å². The van der Waals surface area contributed by atoms with Gasteiger partial charge in [-0.05, 0) is 86.9 Å². The summed E-state index contributed by atoms with van der Waals surface area (Å²) in [5.74, 6) is 0. The minimum atomic E-state index is -0.204. The minimum Gasteiger partial charge on any atom is -0.0886 e. The van der Waals surface area contributed by atoms with E-state index in [2.05, 4.69) is 96.1 Å². The molecule has 0 fully saturated rings. The van der Waals surface area contributed by atoms with E-state index < -0.39 is 0 Å². The minimum absolute atomic E-state index is 0.204. The summed E-state index contributed by atoms with van der Waals surface area (Å²) in [6, 6.07) is 20.4. The van der Waals surface area contributed by atoms with E-state index in [1.807, 2.05) is 0 Å². The highest BCUT2D eigenvalue weighted by atomic mass is 14.4. The number of rotatable bonds is 6. The Morgan fingerprint density at radius 3 is 1.45 bits per heavy atom. The molecule has 0 saturated heterocycles.